The molecule has 0 fully saturated rings. The van der Waals surface area contributed by atoms with Crippen LogP contribution in [0.25, 0.3) is 0 Å². The van der Waals surface area contributed by atoms with E-state index < -0.39 is 8.07 Å². The average Bonchev–Trinajstić information content (AvgIpc) is 2.02. The van der Waals surface area contributed by atoms with Crippen LogP contribution in [-0.2, 0) is 0 Å². The fourth-order valence-electron chi connectivity index (χ4n) is 2.48. The molecule has 0 aromatic heterocycles. The summed E-state index contributed by atoms with van der Waals surface area (Å²) >= 11 is 0. The standard InChI is InChI=1S/C13H24Si/c1-10(2)12-8-7-11(3)13(9-12)14(4,5)6/h7,12-13H,1,8-9H2,2-6H3/t12-,13-/m1/s1. The molecule has 0 bridgehead atoms. The molecule has 14 heavy (non-hydrogen) atoms. The van der Waals surface area contributed by atoms with Gasteiger partial charge in [-0.15, -0.1) is 0 Å². The molecule has 0 amide bonds. The Balaban J connectivity index is 2.82. The summed E-state index contributed by atoms with van der Waals surface area (Å²) in [5.74, 6) is 0.746. The Hall–Kier alpha value is -0.303. The summed E-state index contributed by atoms with van der Waals surface area (Å²) in [7, 11) is -1.02. The van der Waals surface area contributed by atoms with E-state index in [1.807, 2.05) is 0 Å². The van der Waals surface area contributed by atoms with E-state index in [1.54, 1.807) is 5.57 Å². The van der Waals surface area contributed by atoms with Crippen molar-refractivity contribution in [3.63, 3.8) is 0 Å². The maximum Gasteiger partial charge on any atom is 0.0517 e. The molecule has 0 aromatic carbocycles. The molecule has 1 heteroatoms. The zero-order valence-corrected chi connectivity index (χ0v) is 11.4. The normalized spacial score (nSPS) is 28.5. The van der Waals surface area contributed by atoms with Crippen LogP contribution in [0.4, 0.5) is 0 Å². The van der Waals surface area contributed by atoms with Gasteiger partial charge in [0.15, 0.2) is 0 Å². The molecule has 1 aliphatic rings. The Morgan fingerprint density at radius 1 is 1.43 bits per heavy atom. The third-order valence-corrected chi connectivity index (χ3v) is 6.32. The molecular weight excluding hydrogens is 184 g/mol. The molecule has 0 nitrogen and oxygen atoms in total. The van der Waals surface area contributed by atoms with E-state index in [0.29, 0.717) is 0 Å². The van der Waals surface area contributed by atoms with E-state index in [-0.39, 0.29) is 0 Å². The molecule has 80 valence electrons. The van der Waals surface area contributed by atoms with Crippen LogP contribution in [0.15, 0.2) is 23.8 Å². The smallest absolute Gasteiger partial charge is 0.0517 e. The second-order valence-electron chi connectivity index (χ2n) is 5.88. The summed E-state index contributed by atoms with van der Waals surface area (Å²) in [6.45, 7) is 16.1. The molecule has 1 rings (SSSR count). The van der Waals surface area contributed by atoms with Crippen molar-refractivity contribution in [2.75, 3.05) is 0 Å². The van der Waals surface area contributed by atoms with Crippen molar-refractivity contribution >= 4 is 8.07 Å². The van der Waals surface area contributed by atoms with Crippen molar-refractivity contribution in [2.24, 2.45) is 5.92 Å². The first-order chi connectivity index (χ1) is 6.32. The summed E-state index contributed by atoms with van der Waals surface area (Å²) < 4.78 is 0. The first-order valence-corrected chi connectivity index (χ1v) is 9.22. The topological polar surface area (TPSA) is 0 Å². The molecule has 0 radical (unpaired) electrons. The van der Waals surface area contributed by atoms with Gasteiger partial charge in [-0.3, -0.25) is 0 Å². The van der Waals surface area contributed by atoms with Crippen LogP contribution in [0.2, 0.25) is 25.2 Å². The fraction of sp³-hybridized carbons (Fsp3) is 0.692. The van der Waals surface area contributed by atoms with Gasteiger partial charge in [-0.1, -0.05) is 43.4 Å². The number of hydrogen-bond donors (Lipinski definition) is 0. The Morgan fingerprint density at radius 2 is 2.00 bits per heavy atom. The molecular formula is C13H24Si. The van der Waals surface area contributed by atoms with Gasteiger partial charge in [0.05, 0.1) is 8.07 Å². The Morgan fingerprint density at radius 3 is 2.43 bits per heavy atom. The van der Waals surface area contributed by atoms with Crippen LogP contribution in [0.5, 0.6) is 0 Å². The van der Waals surface area contributed by atoms with Crippen molar-refractivity contribution in [3.05, 3.63) is 23.8 Å². The Bertz CT molecular complexity index is 255. The Kier molecular flexibility index (Phi) is 3.41. The minimum atomic E-state index is -1.02. The molecule has 2 atom stereocenters. The molecule has 0 aromatic rings. The van der Waals surface area contributed by atoms with Crippen LogP contribution in [0.1, 0.15) is 26.7 Å². The van der Waals surface area contributed by atoms with Crippen LogP contribution in [-0.4, -0.2) is 8.07 Å². The Labute approximate surface area is 90.1 Å². The fourth-order valence-corrected chi connectivity index (χ4v) is 4.95. The summed E-state index contributed by atoms with van der Waals surface area (Å²) in [5, 5.41) is 0. The minimum Gasteiger partial charge on any atom is -0.0998 e. The molecule has 1 aliphatic carbocycles. The van der Waals surface area contributed by atoms with E-state index in [1.165, 1.54) is 18.4 Å². The van der Waals surface area contributed by atoms with Crippen molar-refractivity contribution in [1.29, 1.82) is 0 Å². The van der Waals surface area contributed by atoms with Crippen LogP contribution in [0.3, 0.4) is 0 Å². The quantitative estimate of drug-likeness (QED) is 0.458. The maximum atomic E-state index is 4.11. The number of allylic oxidation sites excluding steroid dienone is 3. The van der Waals surface area contributed by atoms with E-state index in [0.717, 1.165) is 11.5 Å². The van der Waals surface area contributed by atoms with Crippen molar-refractivity contribution in [2.45, 2.75) is 51.9 Å². The van der Waals surface area contributed by atoms with Crippen LogP contribution < -0.4 is 0 Å². The lowest BCUT2D eigenvalue weighted by molar-refractivity contribution is 0.532. The van der Waals surface area contributed by atoms with Gasteiger partial charge in [0.25, 0.3) is 0 Å². The van der Waals surface area contributed by atoms with E-state index in [2.05, 4.69) is 46.1 Å². The van der Waals surface area contributed by atoms with E-state index >= 15 is 0 Å². The van der Waals surface area contributed by atoms with Crippen molar-refractivity contribution in [3.8, 4) is 0 Å². The first-order valence-electron chi connectivity index (χ1n) is 5.64. The van der Waals surface area contributed by atoms with Crippen LogP contribution in [0, 0.1) is 5.92 Å². The van der Waals surface area contributed by atoms with Gasteiger partial charge in [0, 0.05) is 0 Å². The number of hydrogen-bond acceptors (Lipinski definition) is 0. The first kappa shape index (κ1) is 11.8. The highest BCUT2D eigenvalue weighted by Crippen LogP contribution is 2.42. The summed E-state index contributed by atoms with van der Waals surface area (Å²) in [5.41, 5.74) is 3.89. The molecule has 0 saturated carbocycles. The van der Waals surface area contributed by atoms with E-state index in [4.69, 9.17) is 0 Å². The highest BCUT2D eigenvalue weighted by atomic mass is 28.3. The zero-order valence-electron chi connectivity index (χ0n) is 10.4. The van der Waals surface area contributed by atoms with Gasteiger partial charge in [0.1, 0.15) is 0 Å². The lowest BCUT2D eigenvalue weighted by atomic mass is 9.85. The van der Waals surface area contributed by atoms with Gasteiger partial charge in [0.2, 0.25) is 0 Å². The number of rotatable bonds is 2. The minimum absolute atomic E-state index is 0.746. The predicted molar refractivity (Wildman–Crippen MR) is 68.4 cm³/mol. The van der Waals surface area contributed by atoms with Gasteiger partial charge in [-0.2, -0.15) is 0 Å². The van der Waals surface area contributed by atoms with E-state index in [9.17, 15) is 0 Å². The molecule has 0 spiro atoms. The molecule has 0 aliphatic heterocycles. The van der Waals surface area contributed by atoms with Crippen molar-refractivity contribution < 1.29 is 0 Å². The highest BCUT2D eigenvalue weighted by molar-refractivity contribution is 6.78. The monoisotopic (exact) mass is 208 g/mol. The lowest BCUT2D eigenvalue weighted by Crippen LogP contribution is -2.32. The van der Waals surface area contributed by atoms with Crippen LogP contribution >= 0.6 is 0 Å². The lowest BCUT2D eigenvalue weighted by Gasteiger charge is -2.36. The van der Waals surface area contributed by atoms with Gasteiger partial charge >= 0.3 is 0 Å². The third-order valence-electron chi connectivity index (χ3n) is 3.54. The summed E-state index contributed by atoms with van der Waals surface area (Å²) in [6, 6.07) is 0. The molecule has 0 saturated heterocycles. The second kappa shape index (κ2) is 4.06. The second-order valence-corrected chi connectivity index (χ2v) is 11.3. The highest BCUT2D eigenvalue weighted by Gasteiger charge is 2.32. The predicted octanol–water partition coefficient (Wildman–Crippen LogP) is 4.63. The average molecular weight is 208 g/mol. The molecule has 0 unspecified atom stereocenters. The summed E-state index contributed by atoms with van der Waals surface area (Å²) in [6.07, 6.45) is 5.03. The third kappa shape index (κ3) is 2.60. The van der Waals surface area contributed by atoms with Crippen molar-refractivity contribution in [1.82, 2.24) is 0 Å². The zero-order chi connectivity index (χ0) is 10.9. The SMILES string of the molecule is C=C(C)[C@@H]1CC=C(C)[C@H]([Si](C)(C)C)C1. The van der Waals surface area contributed by atoms with Gasteiger partial charge in [-0.25, -0.2) is 0 Å². The molecule has 0 N–H and O–H groups in total. The summed E-state index contributed by atoms with van der Waals surface area (Å²) in [4.78, 5) is 0. The van der Waals surface area contributed by atoms with Gasteiger partial charge < -0.3 is 0 Å². The molecule has 0 heterocycles. The van der Waals surface area contributed by atoms with Gasteiger partial charge in [-0.05, 0) is 38.1 Å². The maximum absolute atomic E-state index is 4.11. The largest absolute Gasteiger partial charge is 0.0998 e.